The number of hydrogen-bond acceptors (Lipinski definition) is 3. The van der Waals surface area contributed by atoms with Crippen molar-refractivity contribution in [2.45, 2.75) is 6.92 Å². The van der Waals surface area contributed by atoms with Gasteiger partial charge in [-0.05, 0) is 19.7 Å². The number of aromatic nitrogens is 1. The van der Waals surface area contributed by atoms with Crippen molar-refractivity contribution in [1.29, 1.82) is 0 Å². The van der Waals surface area contributed by atoms with Crippen molar-refractivity contribution in [1.82, 2.24) is 15.2 Å². The molecule has 1 heterocycles. The van der Waals surface area contributed by atoms with Gasteiger partial charge in [0.15, 0.2) is 0 Å². The Morgan fingerprint density at radius 2 is 2.24 bits per heavy atom. The Morgan fingerprint density at radius 3 is 2.88 bits per heavy atom. The van der Waals surface area contributed by atoms with Crippen molar-refractivity contribution < 1.29 is 4.79 Å². The van der Waals surface area contributed by atoms with Gasteiger partial charge in [-0.15, -0.1) is 0 Å². The van der Waals surface area contributed by atoms with E-state index >= 15 is 0 Å². The lowest BCUT2D eigenvalue weighted by Gasteiger charge is -2.14. The number of halogens is 2. The van der Waals surface area contributed by atoms with Crippen LogP contribution < -0.4 is 5.32 Å². The molecule has 0 fully saturated rings. The Hall–Kier alpha value is -0.840. The molecular formula is C11H15Cl2N3O. The maximum Gasteiger partial charge on any atom is 0.253 e. The summed E-state index contributed by atoms with van der Waals surface area (Å²) < 4.78 is 0. The van der Waals surface area contributed by atoms with E-state index in [2.05, 4.69) is 22.1 Å². The molecule has 4 nitrogen and oxygen atoms in total. The average molecular weight is 276 g/mol. The first-order valence-electron chi connectivity index (χ1n) is 5.32. The van der Waals surface area contributed by atoms with Crippen molar-refractivity contribution in [2.24, 2.45) is 0 Å². The third kappa shape index (κ3) is 4.50. The van der Waals surface area contributed by atoms with Gasteiger partial charge in [0, 0.05) is 19.3 Å². The molecule has 0 saturated heterocycles. The number of pyridine rings is 1. The molecule has 6 heteroatoms. The Morgan fingerprint density at radius 1 is 1.53 bits per heavy atom. The first kappa shape index (κ1) is 14.2. The predicted octanol–water partition coefficient (Wildman–Crippen LogP) is 2.07. The highest BCUT2D eigenvalue weighted by molar-refractivity contribution is 6.35. The van der Waals surface area contributed by atoms with Gasteiger partial charge in [-0.3, -0.25) is 4.79 Å². The summed E-state index contributed by atoms with van der Waals surface area (Å²) in [6.45, 7) is 4.36. The molecule has 0 radical (unpaired) electrons. The van der Waals surface area contributed by atoms with Crippen LogP contribution >= 0.6 is 23.2 Å². The molecule has 0 aromatic carbocycles. The molecule has 0 bridgehead atoms. The third-order valence-corrected chi connectivity index (χ3v) is 2.89. The van der Waals surface area contributed by atoms with Crippen molar-refractivity contribution in [2.75, 3.05) is 26.7 Å². The highest BCUT2D eigenvalue weighted by atomic mass is 35.5. The van der Waals surface area contributed by atoms with Crippen LogP contribution in [0.2, 0.25) is 10.2 Å². The van der Waals surface area contributed by atoms with Crippen LogP contribution in [0.15, 0.2) is 12.3 Å². The van der Waals surface area contributed by atoms with Crippen LogP contribution in [0.4, 0.5) is 0 Å². The van der Waals surface area contributed by atoms with E-state index in [1.54, 1.807) is 0 Å². The van der Waals surface area contributed by atoms with Gasteiger partial charge in [0.05, 0.1) is 10.6 Å². The first-order chi connectivity index (χ1) is 8.04. The van der Waals surface area contributed by atoms with Gasteiger partial charge in [0.25, 0.3) is 5.91 Å². The van der Waals surface area contributed by atoms with Gasteiger partial charge in [0.1, 0.15) is 5.15 Å². The average Bonchev–Trinajstić information content (AvgIpc) is 2.31. The Bertz CT molecular complexity index is 398. The van der Waals surface area contributed by atoms with E-state index in [4.69, 9.17) is 23.2 Å². The predicted molar refractivity (Wildman–Crippen MR) is 69.8 cm³/mol. The molecule has 1 aromatic heterocycles. The fraction of sp³-hybridized carbons (Fsp3) is 0.455. The van der Waals surface area contributed by atoms with Crippen molar-refractivity contribution in [3.05, 3.63) is 28.0 Å². The van der Waals surface area contributed by atoms with Crippen LogP contribution in [0.3, 0.4) is 0 Å². The molecule has 0 saturated carbocycles. The summed E-state index contributed by atoms with van der Waals surface area (Å²) in [6, 6.07) is 1.46. The van der Waals surface area contributed by atoms with Crippen LogP contribution in [0.1, 0.15) is 17.3 Å². The molecule has 0 unspecified atom stereocenters. The summed E-state index contributed by atoms with van der Waals surface area (Å²) in [5.74, 6) is -0.233. The highest BCUT2D eigenvalue weighted by Crippen LogP contribution is 2.17. The topological polar surface area (TPSA) is 45.2 Å². The lowest BCUT2D eigenvalue weighted by atomic mass is 10.2. The Balaban J connectivity index is 2.55. The van der Waals surface area contributed by atoms with E-state index in [1.807, 2.05) is 7.05 Å². The summed E-state index contributed by atoms with van der Waals surface area (Å²) in [4.78, 5) is 17.7. The largest absolute Gasteiger partial charge is 0.351 e. The van der Waals surface area contributed by atoms with Gasteiger partial charge in [-0.25, -0.2) is 4.98 Å². The molecule has 1 rings (SSSR count). The van der Waals surface area contributed by atoms with E-state index in [9.17, 15) is 4.79 Å². The zero-order chi connectivity index (χ0) is 12.8. The van der Waals surface area contributed by atoms with E-state index < -0.39 is 0 Å². The van der Waals surface area contributed by atoms with Gasteiger partial charge in [-0.1, -0.05) is 30.1 Å². The number of amides is 1. The molecule has 1 aromatic rings. The van der Waals surface area contributed by atoms with Crippen molar-refractivity contribution >= 4 is 29.1 Å². The minimum atomic E-state index is -0.233. The lowest BCUT2D eigenvalue weighted by molar-refractivity contribution is 0.0950. The summed E-state index contributed by atoms with van der Waals surface area (Å²) in [7, 11) is 1.99. The molecule has 0 aliphatic carbocycles. The van der Waals surface area contributed by atoms with Gasteiger partial charge >= 0.3 is 0 Å². The molecule has 0 aliphatic rings. The van der Waals surface area contributed by atoms with E-state index in [1.165, 1.54) is 12.3 Å². The second-order valence-electron chi connectivity index (χ2n) is 3.64. The zero-order valence-corrected chi connectivity index (χ0v) is 11.3. The number of hydrogen-bond donors (Lipinski definition) is 1. The summed E-state index contributed by atoms with van der Waals surface area (Å²) in [5, 5.41) is 3.34. The third-order valence-electron chi connectivity index (χ3n) is 2.39. The van der Waals surface area contributed by atoms with Gasteiger partial charge in [-0.2, -0.15) is 0 Å². The van der Waals surface area contributed by atoms with Crippen LogP contribution in [-0.2, 0) is 0 Å². The second kappa shape index (κ2) is 6.79. The fourth-order valence-electron chi connectivity index (χ4n) is 1.20. The van der Waals surface area contributed by atoms with Gasteiger partial charge in [0.2, 0.25) is 0 Å². The summed E-state index contributed by atoms with van der Waals surface area (Å²) in [6.07, 6.45) is 1.37. The molecule has 1 amide bonds. The molecule has 0 spiro atoms. The number of carbonyl (C=O) groups excluding carboxylic acids is 1. The van der Waals surface area contributed by atoms with Crippen LogP contribution in [-0.4, -0.2) is 42.5 Å². The van der Waals surface area contributed by atoms with Crippen LogP contribution in [0.5, 0.6) is 0 Å². The molecule has 94 valence electrons. The SMILES string of the molecule is CCN(C)CCNC(=O)c1cc(Cl)ncc1Cl. The van der Waals surface area contributed by atoms with Crippen molar-refractivity contribution in [3.8, 4) is 0 Å². The number of likely N-dealkylation sites (N-methyl/N-ethyl adjacent to an activating group) is 1. The van der Waals surface area contributed by atoms with E-state index in [0.717, 1.165) is 13.1 Å². The molecular weight excluding hydrogens is 261 g/mol. The molecule has 0 aliphatic heterocycles. The van der Waals surface area contributed by atoms with Crippen LogP contribution in [0.25, 0.3) is 0 Å². The monoisotopic (exact) mass is 275 g/mol. The molecule has 0 atom stereocenters. The Kier molecular flexibility index (Phi) is 5.68. The Labute approximate surface area is 111 Å². The van der Waals surface area contributed by atoms with Crippen molar-refractivity contribution in [3.63, 3.8) is 0 Å². The number of nitrogens with zero attached hydrogens (tertiary/aromatic N) is 2. The highest BCUT2D eigenvalue weighted by Gasteiger charge is 2.11. The minimum absolute atomic E-state index is 0.233. The smallest absolute Gasteiger partial charge is 0.253 e. The zero-order valence-electron chi connectivity index (χ0n) is 9.83. The molecule has 17 heavy (non-hydrogen) atoms. The first-order valence-corrected chi connectivity index (χ1v) is 6.08. The normalized spacial score (nSPS) is 10.6. The standard InChI is InChI=1S/C11H15Cl2N3O/c1-3-16(2)5-4-14-11(17)8-6-10(13)15-7-9(8)12/h6-7H,3-5H2,1-2H3,(H,14,17). The summed E-state index contributed by atoms with van der Waals surface area (Å²) in [5.41, 5.74) is 0.353. The number of carbonyl (C=O) groups is 1. The maximum absolute atomic E-state index is 11.8. The summed E-state index contributed by atoms with van der Waals surface area (Å²) >= 11 is 11.6. The van der Waals surface area contributed by atoms with E-state index in [0.29, 0.717) is 17.1 Å². The fourth-order valence-corrected chi connectivity index (χ4v) is 1.55. The lowest BCUT2D eigenvalue weighted by Crippen LogP contribution is -2.33. The number of rotatable bonds is 5. The number of nitrogens with one attached hydrogen (secondary N) is 1. The molecule has 1 N–H and O–H groups in total. The minimum Gasteiger partial charge on any atom is -0.351 e. The second-order valence-corrected chi connectivity index (χ2v) is 4.43. The quantitative estimate of drug-likeness (QED) is 0.837. The van der Waals surface area contributed by atoms with Crippen LogP contribution in [0, 0.1) is 0 Å². The van der Waals surface area contributed by atoms with Gasteiger partial charge < -0.3 is 10.2 Å². The van der Waals surface area contributed by atoms with E-state index in [-0.39, 0.29) is 11.1 Å². The maximum atomic E-state index is 11.8.